The van der Waals surface area contributed by atoms with Crippen LogP contribution in [0.1, 0.15) is 0 Å². The Balaban J connectivity index is 1.71. The smallest absolute Gasteiger partial charge is 0.225 e. The van der Waals surface area contributed by atoms with Crippen molar-refractivity contribution in [3.63, 3.8) is 0 Å². The maximum Gasteiger partial charge on any atom is 0.225 e. The normalized spacial score (nSPS) is 15.1. The number of methoxy groups -OCH3 is 1. The number of nitrogens with zero attached hydrogens (tertiary/aromatic N) is 4. The fourth-order valence-electron chi connectivity index (χ4n) is 2.53. The highest BCUT2D eigenvalue weighted by Crippen LogP contribution is 2.29. The summed E-state index contributed by atoms with van der Waals surface area (Å²) in [7, 11) is 1.67. The van der Waals surface area contributed by atoms with E-state index in [1.807, 2.05) is 24.3 Å². The first-order chi connectivity index (χ1) is 10.3. The molecule has 0 atom stereocenters. The monoisotopic (exact) mass is 285 g/mol. The number of rotatable bonds is 3. The molecule has 21 heavy (non-hydrogen) atoms. The van der Waals surface area contributed by atoms with Gasteiger partial charge in [-0.1, -0.05) is 0 Å². The van der Waals surface area contributed by atoms with Gasteiger partial charge in [-0.15, -0.1) is 0 Å². The molecule has 0 aliphatic carbocycles. The zero-order valence-electron chi connectivity index (χ0n) is 12.1. The number of anilines is 3. The van der Waals surface area contributed by atoms with Crippen LogP contribution in [0.5, 0.6) is 5.75 Å². The van der Waals surface area contributed by atoms with Crippen LogP contribution in [-0.4, -0.2) is 43.3 Å². The van der Waals surface area contributed by atoms with Crippen LogP contribution in [0.4, 0.5) is 17.3 Å². The van der Waals surface area contributed by atoms with Gasteiger partial charge in [0.1, 0.15) is 5.75 Å². The van der Waals surface area contributed by atoms with Crippen molar-refractivity contribution in [2.24, 2.45) is 0 Å². The Morgan fingerprint density at radius 2 is 1.71 bits per heavy atom. The number of nitrogen functional groups attached to an aromatic ring is 1. The second-order valence-corrected chi connectivity index (χ2v) is 4.95. The number of piperazine rings is 1. The minimum Gasteiger partial charge on any atom is -0.497 e. The SMILES string of the molecule is COc1ccc(N)c(N2CCN(c3ncccn3)CC2)c1. The molecule has 0 spiro atoms. The average molecular weight is 285 g/mol. The first kappa shape index (κ1) is 13.5. The van der Waals surface area contributed by atoms with Gasteiger partial charge in [-0.2, -0.15) is 0 Å². The number of benzene rings is 1. The van der Waals surface area contributed by atoms with E-state index in [1.54, 1.807) is 19.5 Å². The Bertz CT molecular complexity index is 596. The van der Waals surface area contributed by atoms with Crippen LogP contribution in [0, 0.1) is 0 Å². The Labute approximate surface area is 124 Å². The average Bonchev–Trinajstić information content (AvgIpc) is 2.56. The number of hydrogen-bond acceptors (Lipinski definition) is 6. The van der Waals surface area contributed by atoms with Gasteiger partial charge in [-0.05, 0) is 18.2 Å². The summed E-state index contributed by atoms with van der Waals surface area (Å²) < 4.78 is 5.28. The van der Waals surface area contributed by atoms with Gasteiger partial charge >= 0.3 is 0 Å². The molecule has 3 rings (SSSR count). The molecule has 0 amide bonds. The molecule has 6 nitrogen and oxygen atoms in total. The minimum absolute atomic E-state index is 0.778. The van der Waals surface area contributed by atoms with E-state index in [4.69, 9.17) is 10.5 Å². The second-order valence-electron chi connectivity index (χ2n) is 4.95. The summed E-state index contributed by atoms with van der Waals surface area (Å²) in [6, 6.07) is 7.59. The minimum atomic E-state index is 0.778. The summed E-state index contributed by atoms with van der Waals surface area (Å²) in [6.07, 6.45) is 3.55. The Hall–Kier alpha value is -2.50. The predicted octanol–water partition coefficient (Wildman–Crippen LogP) is 1.39. The van der Waals surface area contributed by atoms with E-state index in [-0.39, 0.29) is 0 Å². The molecule has 110 valence electrons. The molecule has 1 aromatic heterocycles. The molecule has 0 saturated carbocycles. The van der Waals surface area contributed by atoms with Crippen LogP contribution >= 0.6 is 0 Å². The summed E-state index contributed by atoms with van der Waals surface area (Å²) in [5.74, 6) is 1.61. The van der Waals surface area contributed by atoms with E-state index < -0.39 is 0 Å². The van der Waals surface area contributed by atoms with Crippen LogP contribution in [0.3, 0.4) is 0 Å². The highest BCUT2D eigenvalue weighted by molar-refractivity contribution is 5.70. The number of aromatic nitrogens is 2. The van der Waals surface area contributed by atoms with Crippen molar-refractivity contribution in [1.82, 2.24) is 9.97 Å². The van der Waals surface area contributed by atoms with Crippen molar-refractivity contribution in [3.05, 3.63) is 36.7 Å². The Morgan fingerprint density at radius 1 is 1.05 bits per heavy atom. The van der Waals surface area contributed by atoms with Crippen LogP contribution in [0.25, 0.3) is 0 Å². The van der Waals surface area contributed by atoms with E-state index >= 15 is 0 Å². The van der Waals surface area contributed by atoms with Gasteiger partial charge in [0.2, 0.25) is 5.95 Å². The topological polar surface area (TPSA) is 67.5 Å². The molecule has 2 heterocycles. The summed E-state index contributed by atoms with van der Waals surface area (Å²) in [6.45, 7) is 3.52. The van der Waals surface area contributed by atoms with Gasteiger partial charge in [-0.25, -0.2) is 9.97 Å². The molecule has 0 bridgehead atoms. The number of nitrogens with two attached hydrogens (primary N) is 1. The zero-order chi connectivity index (χ0) is 14.7. The van der Waals surface area contributed by atoms with Crippen LogP contribution < -0.4 is 20.3 Å². The second kappa shape index (κ2) is 5.87. The van der Waals surface area contributed by atoms with E-state index in [2.05, 4.69) is 19.8 Å². The van der Waals surface area contributed by atoms with Gasteiger partial charge in [0.05, 0.1) is 18.5 Å². The summed E-state index contributed by atoms with van der Waals surface area (Å²) >= 11 is 0. The van der Waals surface area contributed by atoms with Gasteiger partial charge in [0.25, 0.3) is 0 Å². The van der Waals surface area contributed by atoms with Crippen LogP contribution in [0.2, 0.25) is 0 Å². The third-order valence-corrected chi connectivity index (χ3v) is 3.69. The summed E-state index contributed by atoms with van der Waals surface area (Å²) in [5, 5.41) is 0. The lowest BCUT2D eigenvalue weighted by Crippen LogP contribution is -2.47. The van der Waals surface area contributed by atoms with E-state index in [0.717, 1.165) is 49.3 Å². The molecule has 1 fully saturated rings. The summed E-state index contributed by atoms with van der Waals surface area (Å²) in [4.78, 5) is 13.1. The van der Waals surface area contributed by atoms with Gasteiger partial charge < -0.3 is 20.3 Å². The molecule has 2 N–H and O–H groups in total. The van der Waals surface area contributed by atoms with Crippen molar-refractivity contribution in [3.8, 4) is 5.75 Å². The molecule has 2 aromatic rings. The number of ether oxygens (including phenoxy) is 1. The molecule has 1 saturated heterocycles. The standard InChI is InChI=1S/C15H19N5O/c1-21-12-3-4-13(16)14(11-12)19-7-9-20(10-8-19)15-17-5-2-6-18-15/h2-6,11H,7-10,16H2,1H3. The van der Waals surface area contributed by atoms with Crippen molar-refractivity contribution < 1.29 is 4.74 Å². The molecule has 1 aromatic carbocycles. The molecule has 1 aliphatic heterocycles. The summed E-state index contributed by atoms with van der Waals surface area (Å²) in [5.41, 5.74) is 7.89. The van der Waals surface area contributed by atoms with Crippen molar-refractivity contribution in [2.45, 2.75) is 0 Å². The molecule has 0 unspecified atom stereocenters. The third kappa shape index (κ3) is 2.84. The molecular formula is C15H19N5O. The van der Waals surface area contributed by atoms with Gasteiger partial charge in [0.15, 0.2) is 0 Å². The van der Waals surface area contributed by atoms with Crippen LogP contribution in [-0.2, 0) is 0 Å². The van der Waals surface area contributed by atoms with E-state index in [0.29, 0.717) is 0 Å². The molecule has 0 radical (unpaired) electrons. The highest BCUT2D eigenvalue weighted by atomic mass is 16.5. The van der Waals surface area contributed by atoms with Gasteiger partial charge in [0, 0.05) is 44.6 Å². The third-order valence-electron chi connectivity index (χ3n) is 3.69. The van der Waals surface area contributed by atoms with E-state index in [9.17, 15) is 0 Å². The molecular weight excluding hydrogens is 266 g/mol. The van der Waals surface area contributed by atoms with E-state index in [1.165, 1.54) is 0 Å². The van der Waals surface area contributed by atoms with Crippen molar-refractivity contribution >= 4 is 17.3 Å². The first-order valence-corrected chi connectivity index (χ1v) is 6.98. The highest BCUT2D eigenvalue weighted by Gasteiger charge is 2.20. The Morgan fingerprint density at radius 3 is 2.38 bits per heavy atom. The van der Waals surface area contributed by atoms with Crippen molar-refractivity contribution in [1.29, 1.82) is 0 Å². The van der Waals surface area contributed by atoms with Gasteiger partial charge in [-0.3, -0.25) is 0 Å². The van der Waals surface area contributed by atoms with Crippen LogP contribution in [0.15, 0.2) is 36.7 Å². The lowest BCUT2D eigenvalue weighted by atomic mass is 10.2. The van der Waals surface area contributed by atoms with Crippen molar-refractivity contribution in [2.75, 3.05) is 48.8 Å². The lowest BCUT2D eigenvalue weighted by Gasteiger charge is -2.36. The number of hydrogen-bond donors (Lipinski definition) is 1. The Kier molecular flexibility index (Phi) is 3.77. The maximum absolute atomic E-state index is 6.09. The maximum atomic E-state index is 6.09. The zero-order valence-corrected chi connectivity index (χ0v) is 12.1. The largest absolute Gasteiger partial charge is 0.497 e. The fraction of sp³-hybridized carbons (Fsp3) is 0.333. The fourth-order valence-corrected chi connectivity index (χ4v) is 2.53. The quantitative estimate of drug-likeness (QED) is 0.860. The molecule has 1 aliphatic rings. The predicted molar refractivity (Wildman–Crippen MR) is 83.9 cm³/mol. The lowest BCUT2D eigenvalue weighted by molar-refractivity contribution is 0.415. The molecule has 6 heteroatoms. The first-order valence-electron chi connectivity index (χ1n) is 6.98.